The highest BCUT2D eigenvalue weighted by atomic mass is 35.5. The van der Waals surface area contributed by atoms with Crippen LogP contribution in [0.1, 0.15) is 33.5 Å². The minimum absolute atomic E-state index is 0.0279. The summed E-state index contributed by atoms with van der Waals surface area (Å²) >= 11 is 12.0. The van der Waals surface area contributed by atoms with E-state index in [1.54, 1.807) is 18.2 Å². The predicted octanol–water partition coefficient (Wildman–Crippen LogP) is 5.43. The molecule has 2 aromatic carbocycles. The normalized spacial score (nSPS) is 10.6. The number of hydrogen-bond acceptors (Lipinski definition) is 1. The van der Waals surface area contributed by atoms with E-state index in [-0.39, 0.29) is 5.78 Å². The van der Waals surface area contributed by atoms with Gasteiger partial charge in [0.15, 0.2) is 5.78 Å². The average molecular weight is 307 g/mol. The third kappa shape index (κ3) is 3.41. The molecule has 2 rings (SSSR count). The Hall–Kier alpha value is -1.31. The molecule has 0 radical (unpaired) electrons. The highest BCUT2D eigenvalue weighted by molar-refractivity contribution is 6.35. The molecule has 20 heavy (non-hydrogen) atoms. The second-order valence-corrected chi connectivity index (χ2v) is 5.76. The highest BCUT2D eigenvalue weighted by Gasteiger charge is 2.12. The molecule has 0 bridgehead atoms. The van der Waals surface area contributed by atoms with Crippen molar-refractivity contribution < 1.29 is 4.79 Å². The topological polar surface area (TPSA) is 17.1 Å². The number of ketones is 1. The number of benzene rings is 2. The van der Waals surface area contributed by atoms with Gasteiger partial charge in [0.05, 0.1) is 5.02 Å². The lowest BCUT2D eigenvalue weighted by molar-refractivity contribution is 0.0983. The molecular formula is C17H16Cl2O. The SMILES string of the molecule is Cc1cccc(C)c1CCC(=O)c1cc(Cl)ccc1Cl. The van der Waals surface area contributed by atoms with Crippen molar-refractivity contribution in [2.45, 2.75) is 26.7 Å². The van der Waals surface area contributed by atoms with Gasteiger partial charge in [0, 0.05) is 17.0 Å². The average Bonchev–Trinajstić information content (AvgIpc) is 2.40. The van der Waals surface area contributed by atoms with Crippen molar-refractivity contribution in [3.63, 3.8) is 0 Å². The van der Waals surface area contributed by atoms with Gasteiger partial charge in [-0.05, 0) is 55.2 Å². The molecule has 3 heteroatoms. The molecule has 0 unspecified atom stereocenters. The molecule has 0 fully saturated rings. The van der Waals surface area contributed by atoms with E-state index in [2.05, 4.69) is 26.0 Å². The van der Waals surface area contributed by atoms with E-state index < -0.39 is 0 Å². The van der Waals surface area contributed by atoms with E-state index in [1.165, 1.54) is 16.7 Å². The van der Waals surface area contributed by atoms with Crippen molar-refractivity contribution in [3.05, 3.63) is 68.7 Å². The van der Waals surface area contributed by atoms with Gasteiger partial charge in [0.25, 0.3) is 0 Å². The molecule has 0 aliphatic rings. The van der Waals surface area contributed by atoms with Gasteiger partial charge >= 0.3 is 0 Å². The molecule has 0 spiro atoms. The van der Waals surface area contributed by atoms with E-state index in [4.69, 9.17) is 23.2 Å². The number of hydrogen-bond donors (Lipinski definition) is 0. The molecule has 104 valence electrons. The molecule has 0 heterocycles. The summed E-state index contributed by atoms with van der Waals surface area (Å²) in [6.07, 6.45) is 1.16. The summed E-state index contributed by atoms with van der Waals surface area (Å²) in [6.45, 7) is 4.14. The van der Waals surface area contributed by atoms with E-state index in [0.717, 1.165) is 6.42 Å². The van der Waals surface area contributed by atoms with Crippen LogP contribution in [0, 0.1) is 13.8 Å². The summed E-state index contributed by atoms with van der Waals surface area (Å²) in [5, 5.41) is 0.991. The number of carbonyl (C=O) groups excluding carboxylic acids is 1. The first-order chi connectivity index (χ1) is 9.49. The van der Waals surface area contributed by atoms with E-state index >= 15 is 0 Å². The van der Waals surface area contributed by atoms with Crippen LogP contribution in [0.25, 0.3) is 0 Å². The van der Waals surface area contributed by atoms with Crippen LogP contribution in [0.3, 0.4) is 0 Å². The van der Waals surface area contributed by atoms with Gasteiger partial charge in [-0.25, -0.2) is 0 Å². The molecule has 0 saturated heterocycles. The lowest BCUT2D eigenvalue weighted by atomic mass is 9.96. The van der Waals surface area contributed by atoms with Crippen LogP contribution >= 0.6 is 23.2 Å². The summed E-state index contributed by atoms with van der Waals surface area (Å²) in [4.78, 5) is 12.3. The third-order valence-corrected chi connectivity index (χ3v) is 4.04. The molecule has 0 aromatic heterocycles. The molecule has 0 N–H and O–H groups in total. The first kappa shape index (κ1) is 15.1. The zero-order valence-corrected chi connectivity index (χ0v) is 13.1. The third-order valence-electron chi connectivity index (χ3n) is 3.48. The fourth-order valence-corrected chi connectivity index (χ4v) is 2.72. The second-order valence-electron chi connectivity index (χ2n) is 4.92. The van der Waals surface area contributed by atoms with Crippen LogP contribution < -0.4 is 0 Å². The minimum Gasteiger partial charge on any atom is -0.294 e. The molecular weight excluding hydrogens is 291 g/mol. The standard InChI is InChI=1S/C17H16Cl2O/c1-11-4-3-5-12(2)14(11)7-9-17(20)15-10-13(18)6-8-16(15)19/h3-6,8,10H,7,9H2,1-2H3. The van der Waals surface area contributed by atoms with Gasteiger partial charge < -0.3 is 0 Å². The Balaban J connectivity index is 2.15. The highest BCUT2D eigenvalue weighted by Crippen LogP contribution is 2.23. The van der Waals surface area contributed by atoms with Crippen LogP contribution in [0.4, 0.5) is 0 Å². The molecule has 2 aromatic rings. The lowest BCUT2D eigenvalue weighted by Crippen LogP contribution is -2.04. The summed E-state index contributed by atoms with van der Waals surface area (Å²) in [6, 6.07) is 11.2. The van der Waals surface area contributed by atoms with Crippen LogP contribution in [0.5, 0.6) is 0 Å². The second kappa shape index (κ2) is 6.43. The Morgan fingerprint density at radius 2 is 1.70 bits per heavy atom. The van der Waals surface area contributed by atoms with Crippen molar-refractivity contribution in [2.24, 2.45) is 0 Å². The smallest absolute Gasteiger partial charge is 0.164 e. The van der Waals surface area contributed by atoms with Gasteiger partial charge in [0.2, 0.25) is 0 Å². The maximum absolute atomic E-state index is 12.3. The van der Waals surface area contributed by atoms with Gasteiger partial charge in [-0.15, -0.1) is 0 Å². The van der Waals surface area contributed by atoms with E-state index in [9.17, 15) is 4.79 Å². The number of aryl methyl sites for hydroxylation is 2. The number of Topliss-reactive ketones (excluding diaryl/α,β-unsaturated/α-hetero) is 1. The Morgan fingerprint density at radius 1 is 1.05 bits per heavy atom. The molecule has 0 atom stereocenters. The maximum Gasteiger partial charge on any atom is 0.164 e. The Labute approximate surface area is 129 Å². The first-order valence-electron chi connectivity index (χ1n) is 6.52. The lowest BCUT2D eigenvalue weighted by Gasteiger charge is -2.09. The van der Waals surface area contributed by atoms with Crippen LogP contribution in [0.15, 0.2) is 36.4 Å². The number of carbonyl (C=O) groups is 1. The summed E-state index contributed by atoms with van der Waals surface area (Å²) in [7, 11) is 0. The first-order valence-corrected chi connectivity index (χ1v) is 7.28. The zero-order chi connectivity index (χ0) is 14.7. The molecule has 0 amide bonds. The van der Waals surface area contributed by atoms with Crippen LogP contribution in [0.2, 0.25) is 10.0 Å². The van der Waals surface area contributed by atoms with Crippen molar-refractivity contribution in [1.29, 1.82) is 0 Å². The molecule has 0 aliphatic carbocycles. The monoisotopic (exact) mass is 306 g/mol. The molecule has 0 saturated carbocycles. The Bertz CT molecular complexity index is 627. The van der Waals surface area contributed by atoms with Crippen LogP contribution in [-0.2, 0) is 6.42 Å². The van der Waals surface area contributed by atoms with E-state index in [0.29, 0.717) is 22.0 Å². The minimum atomic E-state index is 0.0279. The van der Waals surface area contributed by atoms with E-state index in [1.807, 2.05) is 6.07 Å². The van der Waals surface area contributed by atoms with Crippen molar-refractivity contribution in [2.75, 3.05) is 0 Å². The van der Waals surface area contributed by atoms with Crippen molar-refractivity contribution in [1.82, 2.24) is 0 Å². The summed E-state index contributed by atoms with van der Waals surface area (Å²) in [5.41, 5.74) is 4.18. The van der Waals surface area contributed by atoms with Crippen molar-refractivity contribution in [3.8, 4) is 0 Å². The van der Waals surface area contributed by atoms with Crippen LogP contribution in [-0.4, -0.2) is 5.78 Å². The fourth-order valence-electron chi connectivity index (χ4n) is 2.33. The maximum atomic E-state index is 12.3. The van der Waals surface area contributed by atoms with Gasteiger partial charge in [0.1, 0.15) is 0 Å². The zero-order valence-electron chi connectivity index (χ0n) is 11.5. The number of halogens is 2. The van der Waals surface area contributed by atoms with Gasteiger partial charge in [-0.1, -0.05) is 41.4 Å². The van der Waals surface area contributed by atoms with Gasteiger partial charge in [-0.2, -0.15) is 0 Å². The largest absolute Gasteiger partial charge is 0.294 e. The fraction of sp³-hybridized carbons (Fsp3) is 0.235. The Morgan fingerprint density at radius 3 is 2.35 bits per heavy atom. The Kier molecular flexibility index (Phi) is 4.85. The summed E-state index contributed by atoms with van der Waals surface area (Å²) in [5.74, 6) is 0.0279. The number of rotatable bonds is 4. The predicted molar refractivity (Wildman–Crippen MR) is 85.0 cm³/mol. The van der Waals surface area contributed by atoms with Gasteiger partial charge in [-0.3, -0.25) is 4.79 Å². The summed E-state index contributed by atoms with van der Waals surface area (Å²) < 4.78 is 0. The molecule has 1 nitrogen and oxygen atoms in total. The molecule has 0 aliphatic heterocycles. The van der Waals surface area contributed by atoms with Crippen molar-refractivity contribution >= 4 is 29.0 Å². The quantitative estimate of drug-likeness (QED) is 0.689.